The lowest BCUT2D eigenvalue weighted by Crippen LogP contribution is -2.17. The highest BCUT2D eigenvalue weighted by Crippen LogP contribution is 2.08. The van der Waals surface area contributed by atoms with Gasteiger partial charge in [0.15, 0.2) is 0 Å². The highest BCUT2D eigenvalue weighted by atomic mass is 16.1. The van der Waals surface area contributed by atoms with Crippen molar-refractivity contribution in [3.05, 3.63) is 63.7 Å². The molecule has 0 aliphatic carbocycles. The fourth-order valence-electron chi connectivity index (χ4n) is 1.78. The van der Waals surface area contributed by atoms with E-state index in [1.165, 1.54) is 23.0 Å². The summed E-state index contributed by atoms with van der Waals surface area (Å²) in [5.41, 5.74) is -0.426. The molecule has 5 heteroatoms. The van der Waals surface area contributed by atoms with Crippen LogP contribution in [0.2, 0.25) is 0 Å². The van der Waals surface area contributed by atoms with Crippen LogP contribution >= 0.6 is 0 Å². The Hall–Kier alpha value is -2.56. The molecule has 3 aromatic rings. The van der Waals surface area contributed by atoms with Crippen LogP contribution in [0.15, 0.2) is 52.6 Å². The number of rotatable bonds is 0. The molecule has 3 rings (SSSR count). The molecule has 17 heavy (non-hydrogen) atoms. The van der Waals surface area contributed by atoms with Crippen LogP contribution in [0, 0.1) is 0 Å². The first kappa shape index (κ1) is 9.65. The fraction of sp³-hybridized carbons (Fsp3) is 0. The molecule has 0 amide bonds. The van der Waals surface area contributed by atoms with Crippen LogP contribution in [0.25, 0.3) is 16.3 Å². The van der Waals surface area contributed by atoms with Gasteiger partial charge in [-0.05, 0) is 23.6 Å². The fourth-order valence-corrected chi connectivity index (χ4v) is 1.78. The van der Waals surface area contributed by atoms with Crippen molar-refractivity contribution in [3.8, 4) is 0 Å². The molecule has 5 nitrogen and oxygen atoms in total. The summed E-state index contributed by atoms with van der Waals surface area (Å²) in [6.45, 7) is 0. The lowest BCUT2D eigenvalue weighted by atomic mass is 10.2. The Morgan fingerprint density at radius 3 is 2.94 bits per heavy atom. The van der Waals surface area contributed by atoms with Gasteiger partial charge in [0.25, 0.3) is 11.1 Å². The zero-order valence-electron chi connectivity index (χ0n) is 8.70. The van der Waals surface area contributed by atoms with E-state index in [0.717, 1.165) is 0 Å². The molecule has 0 spiro atoms. The topological polar surface area (TPSA) is 64.3 Å². The predicted molar refractivity (Wildman–Crippen MR) is 63.0 cm³/mol. The van der Waals surface area contributed by atoms with E-state index in [-0.39, 0.29) is 11.1 Å². The van der Waals surface area contributed by atoms with Crippen molar-refractivity contribution >= 4 is 16.3 Å². The lowest BCUT2D eigenvalue weighted by molar-refractivity contribution is 1.11. The maximum atomic E-state index is 12.1. The summed E-state index contributed by atoms with van der Waals surface area (Å²) in [7, 11) is 0. The Kier molecular flexibility index (Phi) is 1.98. The Balaban J connectivity index is 2.74. The summed E-state index contributed by atoms with van der Waals surface area (Å²) in [6.07, 6.45) is 5.98. The zero-order chi connectivity index (χ0) is 11.8. The van der Waals surface area contributed by atoms with Crippen molar-refractivity contribution < 1.29 is 0 Å². The molecule has 0 bridgehead atoms. The summed E-state index contributed by atoms with van der Waals surface area (Å²) >= 11 is 0. The van der Waals surface area contributed by atoms with Crippen LogP contribution in [-0.4, -0.2) is 14.4 Å². The molecular weight excluding hydrogens is 218 g/mol. The number of fused-ring (bicyclic) bond motifs is 2. The second-order valence-corrected chi connectivity index (χ2v) is 3.59. The average Bonchev–Trinajstić information content (AvgIpc) is 2.53. The minimum absolute atomic E-state index is 0.263. The Labute approximate surface area is 95.0 Å². The van der Waals surface area contributed by atoms with Crippen LogP contribution in [0.1, 0.15) is 0 Å². The van der Waals surface area contributed by atoms with Gasteiger partial charge in [-0.1, -0.05) is 0 Å². The summed E-state index contributed by atoms with van der Waals surface area (Å²) in [5.74, 6) is 0. The minimum atomic E-state index is -0.425. The Bertz CT molecular complexity index is 840. The van der Waals surface area contributed by atoms with Gasteiger partial charge in [0.1, 0.15) is 5.52 Å². The molecular formula is C12H7N3O2. The van der Waals surface area contributed by atoms with Gasteiger partial charge < -0.3 is 0 Å². The van der Waals surface area contributed by atoms with E-state index in [1.807, 2.05) is 0 Å². The molecule has 0 aromatic carbocycles. The molecule has 0 fully saturated rings. The second kappa shape index (κ2) is 3.48. The lowest BCUT2D eigenvalue weighted by Gasteiger charge is -1.98. The molecule has 82 valence electrons. The van der Waals surface area contributed by atoms with Crippen molar-refractivity contribution in [2.24, 2.45) is 0 Å². The quantitative estimate of drug-likeness (QED) is 0.562. The van der Waals surface area contributed by atoms with Crippen LogP contribution in [-0.2, 0) is 0 Å². The van der Waals surface area contributed by atoms with Crippen molar-refractivity contribution in [2.75, 3.05) is 0 Å². The van der Waals surface area contributed by atoms with E-state index in [9.17, 15) is 9.59 Å². The molecule has 0 saturated carbocycles. The van der Waals surface area contributed by atoms with Crippen molar-refractivity contribution in [3.63, 3.8) is 0 Å². The Morgan fingerprint density at radius 2 is 2.06 bits per heavy atom. The standard InChI is InChI=1S/C12H7N3O2/c16-11-10-6-8-2-4-13-7-9(8)12(17)15(10)5-1-3-14-11/h1-7H. The van der Waals surface area contributed by atoms with Crippen LogP contribution in [0.4, 0.5) is 0 Å². The molecule has 0 aliphatic heterocycles. The first-order chi connectivity index (χ1) is 8.27. The second-order valence-electron chi connectivity index (χ2n) is 3.59. The predicted octanol–water partition coefficient (Wildman–Crippen LogP) is 0.603. The molecule has 0 aliphatic rings. The molecule has 0 unspecified atom stereocenters. The normalized spacial score (nSPS) is 10.8. The maximum Gasteiger partial charge on any atom is 0.294 e. The summed E-state index contributed by atoms with van der Waals surface area (Å²) in [6, 6.07) is 4.90. The van der Waals surface area contributed by atoms with E-state index >= 15 is 0 Å². The van der Waals surface area contributed by atoms with E-state index in [0.29, 0.717) is 10.8 Å². The van der Waals surface area contributed by atoms with Gasteiger partial charge in [0.05, 0.1) is 5.39 Å². The highest BCUT2D eigenvalue weighted by Gasteiger charge is 2.04. The van der Waals surface area contributed by atoms with E-state index in [1.54, 1.807) is 24.4 Å². The summed E-state index contributed by atoms with van der Waals surface area (Å²) in [5, 5.41) is 1.17. The van der Waals surface area contributed by atoms with Gasteiger partial charge in [-0.3, -0.25) is 19.0 Å². The minimum Gasteiger partial charge on any atom is -0.278 e. The van der Waals surface area contributed by atoms with E-state index < -0.39 is 5.56 Å². The first-order valence-electron chi connectivity index (χ1n) is 5.02. The number of nitrogens with zero attached hydrogens (tertiary/aromatic N) is 3. The largest absolute Gasteiger partial charge is 0.294 e. The van der Waals surface area contributed by atoms with Gasteiger partial charge in [0, 0.05) is 24.8 Å². The third kappa shape index (κ3) is 1.40. The van der Waals surface area contributed by atoms with E-state index in [4.69, 9.17) is 0 Å². The number of hydrogen-bond donors (Lipinski definition) is 0. The summed E-state index contributed by atoms with van der Waals surface area (Å²) in [4.78, 5) is 31.4. The van der Waals surface area contributed by atoms with Crippen molar-refractivity contribution in [1.82, 2.24) is 14.4 Å². The third-order valence-corrected chi connectivity index (χ3v) is 2.59. The van der Waals surface area contributed by atoms with Crippen LogP contribution in [0.5, 0.6) is 0 Å². The SMILES string of the molecule is O=c1ncccn2c(=O)c3cnccc3cc12. The monoisotopic (exact) mass is 225 g/mol. The maximum absolute atomic E-state index is 12.1. The molecule has 3 heterocycles. The van der Waals surface area contributed by atoms with Gasteiger partial charge in [0.2, 0.25) is 0 Å². The van der Waals surface area contributed by atoms with E-state index in [2.05, 4.69) is 9.97 Å². The molecule has 0 atom stereocenters. The van der Waals surface area contributed by atoms with Crippen molar-refractivity contribution in [2.45, 2.75) is 0 Å². The molecule has 3 aromatic heterocycles. The average molecular weight is 225 g/mol. The number of aromatic nitrogens is 3. The van der Waals surface area contributed by atoms with Gasteiger partial charge in [-0.15, -0.1) is 0 Å². The van der Waals surface area contributed by atoms with Crippen LogP contribution < -0.4 is 11.1 Å². The zero-order valence-corrected chi connectivity index (χ0v) is 8.70. The highest BCUT2D eigenvalue weighted by molar-refractivity contribution is 5.84. The number of pyridine rings is 2. The third-order valence-electron chi connectivity index (χ3n) is 2.59. The van der Waals surface area contributed by atoms with Crippen molar-refractivity contribution in [1.29, 1.82) is 0 Å². The number of hydrogen-bond acceptors (Lipinski definition) is 4. The molecule has 0 N–H and O–H groups in total. The first-order valence-corrected chi connectivity index (χ1v) is 5.02. The van der Waals surface area contributed by atoms with Crippen LogP contribution in [0.3, 0.4) is 0 Å². The van der Waals surface area contributed by atoms with Gasteiger partial charge in [-0.25, -0.2) is 4.98 Å². The van der Waals surface area contributed by atoms with Gasteiger partial charge in [-0.2, -0.15) is 0 Å². The molecule has 0 radical (unpaired) electrons. The summed E-state index contributed by atoms with van der Waals surface area (Å²) < 4.78 is 1.29. The molecule has 0 saturated heterocycles. The van der Waals surface area contributed by atoms with Gasteiger partial charge >= 0.3 is 0 Å². The smallest absolute Gasteiger partial charge is 0.278 e. The Morgan fingerprint density at radius 1 is 1.18 bits per heavy atom.